The van der Waals surface area contributed by atoms with Gasteiger partial charge in [0, 0.05) is 0 Å². The standard InChI is InChI=1S/C5H5.C4H9.Hf/c1-2-4-5-3-1;1-3-4-2;/h1-3H,4H2;1,3-4H2,2H3;. The molecule has 0 fully saturated rings. The molecular formula is C9H14Hf. The molecule has 1 aliphatic carbocycles. The molecule has 0 nitrogen and oxygen atoms in total. The van der Waals surface area contributed by atoms with E-state index in [-0.39, 0.29) is 22.9 Å². The van der Waals surface area contributed by atoms with Crippen molar-refractivity contribution in [1.82, 2.24) is 0 Å². The molecular weight excluding hydrogens is 287 g/mol. The summed E-state index contributed by atoms with van der Waals surface area (Å²) in [6.07, 6.45) is 11.0. The van der Waals surface area contributed by atoms with Crippen molar-refractivity contribution < 1.29 is 22.9 Å². The Morgan fingerprint density at radius 3 is 3.10 bits per heavy atom. The van der Waals surface area contributed by atoms with Crippen molar-refractivity contribution in [2.75, 3.05) is 0 Å². The van der Waals surface area contributed by atoms with Crippen LogP contribution in [0, 0.1) is 0 Å². The summed E-state index contributed by atoms with van der Waals surface area (Å²) in [5.74, 6) is 0. The molecule has 1 heteroatoms. The molecule has 0 amide bonds. The van der Waals surface area contributed by atoms with Gasteiger partial charge in [-0.2, -0.15) is 0 Å². The van der Waals surface area contributed by atoms with Crippen molar-refractivity contribution in [3.05, 3.63) is 21.6 Å². The Labute approximate surface area is 74.8 Å². The molecule has 0 N–H and O–H groups in total. The molecule has 1 rings (SSSR count). The van der Waals surface area contributed by atoms with Gasteiger partial charge in [0.2, 0.25) is 0 Å². The third-order valence-corrected chi connectivity index (χ3v) is 6.79. The van der Waals surface area contributed by atoms with Crippen LogP contribution in [-0.2, 0) is 22.9 Å². The van der Waals surface area contributed by atoms with Crippen LogP contribution in [0.5, 0.6) is 0 Å². The second-order valence-electron chi connectivity index (χ2n) is 2.60. The maximum absolute atomic E-state index is 2.35. The van der Waals surface area contributed by atoms with Crippen LogP contribution in [0.2, 0.25) is 4.18 Å². The number of allylic oxidation sites excluding steroid dienone is 4. The summed E-state index contributed by atoms with van der Waals surface area (Å²) in [5, 5.41) is 0. The topological polar surface area (TPSA) is 0 Å². The van der Waals surface area contributed by atoms with Crippen LogP contribution >= 0.6 is 0 Å². The summed E-state index contributed by atoms with van der Waals surface area (Å²) in [5.41, 5.74) is 0. The molecule has 0 saturated carbocycles. The van der Waals surface area contributed by atoms with Crippen LogP contribution in [0.4, 0.5) is 0 Å². The Bertz CT molecular complexity index is 145. The number of unbranched alkanes of at least 4 members (excludes halogenated alkanes) is 1. The van der Waals surface area contributed by atoms with Crippen LogP contribution in [0.25, 0.3) is 0 Å². The molecule has 0 atom stereocenters. The van der Waals surface area contributed by atoms with E-state index >= 15 is 0 Å². The first-order chi connectivity index (χ1) is 4.93. The molecule has 0 saturated heterocycles. The predicted molar refractivity (Wildman–Crippen MR) is 41.6 cm³/mol. The molecule has 1 aliphatic rings. The Kier molecular flexibility index (Phi) is 4.27. The summed E-state index contributed by atoms with van der Waals surface area (Å²) >= 11 is -0.283. The average molecular weight is 301 g/mol. The van der Waals surface area contributed by atoms with Gasteiger partial charge in [-0.15, -0.1) is 0 Å². The summed E-state index contributed by atoms with van der Waals surface area (Å²) < 4.78 is 3.39. The van der Waals surface area contributed by atoms with E-state index in [0.717, 1.165) is 0 Å². The Morgan fingerprint density at radius 2 is 2.50 bits per heavy atom. The third-order valence-electron chi connectivity index (χ3n) is 1.65. The fourth-order valence-electron chi connectivity index (χ4n) is 1.00. The minimum absolute atomic E-state index is 0.283. The molecule has 0 aromatic carbocycles. The van der Waals surface area contributed by atoms with Crippen molar-refractivity contribution in [2.45, 2.75) is 30.4 Å². The van der Waals surface area contributed by atoms with E-state index < -0.39 is 0 Å². The normalized spacial score (nSPS) is 15.5. The van der Waals surface area contributed by atoms with Crippen LogP contribution in [-0.4, -0.2) is 0 Å². The molecule has 10 heavy (non-hydrogen) atoms. The quantitative estimate of drug-likeness (QED) is 0.553. The summed E-state index contributed by atoms with van der Waals surface area (Å²) in [4.78, 5) is 0. The second-order valence-corrected chi connectivity index (χ2v) is 7.98. The summed E-state index contributed by atoms with van der Waals surface area (Å²) in [6.45, 7) is 2.28. The van der Waals surface area contributed by atoms with Gasteiger partial charge in [0.05, 0.1) is 0 Å². The first kappa shape index (κ1) is 8.45. The summed E-state index contributed by atoms with van der Waals surface area (Å²) in [6, 6.07) is 0. The van der Waals surface area contributed by atoms with Gasteiger partial charge in [-0.1, -0.05) is 0 Å². The minimum atomic E-state index is -0.283. The first-order valence-electron chi connectivity index (χ1n) is 4.03. The van der Waals surface area contributed by atoms with E-state index in [9.17, 15) is 0 Å². The number of hydrogen-bond acceptors (Lipinski definition) is 0. The Morgan fingerprint density at radius 1 is 1.60 bits per heavy atom. The molecule has 0 heterocycles. The van der Waals surface area contributed by atoms with Crippen LogP contribution in [0.1, 0.15) is 26.2 Å². The van der Waals surface area contributed by atoms with Crippen molar-refractivity contribution >= 4 is 0 Å². The summed E-state index contributed by atoms with van der Waals surface area (Å²) in [7, 11) is 0. The zero-order valence-corrected chi connectivity index (χ0v) is 10.2. The van der Waals surface area contributed by atoms with Gasteiger partial charge in [-0.25, -0.2) is 0 Å². The van der Waals surface area contributed by atoms with E-state index in [2.05, 4.69) is 25.2 Å². The third kappa shape index (κ3) is 2.96. The molecule has 0 unspecified atom stereocenters. The molecule has 0 spiro atoms. The van der Waals surface area contributed by atoms with E-state index in [4.69, 9.17) is 0 Å². The van der Waals surface area contributed by atoms with Crippen molar-refractivity contribution in [3.63, 3.8) is 0 Å². The molecule has 0 aromatic rings. The fraction of sp³-hybridized carbons (Fsp3) is 0.556. The second kappa shape index (κ2) is 5.06. The van der Waals surface area contributed by atoms with Gasteiger partial charge in [0.1, 0.15) is 0 Å². The zero-order valence-electron chi connectivity index (χ0n) is 6.56. The van der Waals surface area contributed by atoms with Crippen molar-refractivity contribution in [1.29, 1.82) is 0 Å². The zero-order chi connectivity index (χ0) is 7.23. The van der Waals surface area contributed by atoms with Crippen molar-refractivity contribution in [2.24, 2.45) is 0 Å². The van der Waals surface area contributed by atoms with Gasteiger partial charge in [-0.05, 0) is 0 Å². The van der Waals surface area contributed by atoms with E-state index in [1.807, 2.05) is 3.33 Å². The number of rotatable bonds is 4. The van der Waals surface area contributed by atoms with Crippen LogP contribution in [0.3, 0.4) is 0 Å². The van der Waals surface area contributed by atoms with E-state index in [0.29, 0.717) is 0 Å². The molecule has 0 aliphatic heterocycles. The molecule has 0 aromatic heterocycles. The SMILES string of the molecule is CCC[CH2][Hf][C]1=CC=CC1. The van der Waals surface area contributed by atoms with Gasteiger partial charge in [-0.3, -0.25) is 0 Å². The Hall–Kier alpha value is 0.350. The van der Waals surface area contributed by atoms with Gasteiger partial charge >= 0.3 is 74.8 Å². The van der Waals surface area contributed by atoms with Gasteiger partial charge in [0.15, 0.2) is 0 Å². The maximum atomic E-state index is 2.35. The number of hydrogen-bond donors (Lipinski definition) is 0. The van der Waals surface area contributed by atoms with Gasteiger partial charge < -0.3 is 0 Å². The van der Waals surface area contributed by atoms with Crippen LogP contribution in [0.15, 0.2) is 21.6 Å². The van der Waals surface area contributed by atoms with Crippen molar-refractivity contribution in [3.8, 4) is 0 Å². The average Bonchev–Trinajstić information content (AvgIpc) is 2.41. The van der Waals surface area contributed by atoms with E-state index in [1.165, 1.54) is 19.3 Å². The predicted octanol–water partition coefficient (Wildman–Crippen LogP) is 3.13. The molecule has 0 bridgehead atoms. The monoisotopic (exact) mass is 302 g/mol. The Balaban J connectivity index is 2.04. The molecule has 54 valence electrons. The molecule has 0 radical (unpaired) electrons. The van der Waals surface area contributed by atoms with Crippen LogP contribution < -0.4 is 0 Å². The first-order valence-corrected chi connectivity index (χ1v) is 8.36. The fourth-order valence-corrected chi connectivity index (χ4v) is 5.77. The van der Waals surface area contributed by atoms with Gasteiger partial charge in [0.25, 0.3) is 0 Å². The van der Waals surface area contributed by atoms with E-state index in [1.54, 1.807) is 4.18 Å².